The monoisotopic (exact) mass is 437 g/mol. The molecule has 3 atom stereocenters. The van der Waals surface area contributed by atoms with Crippen molar-refractivity contribution >= 4 is 12.0 Å². The highest BCUT2D eigenvalue weighted by atomic mass is 16.5. The molecular formula is C26H31NO5. The maximum absolute atomic E-state index is 13.3. The summed E-state index contributed by atoms with van der Waals surface area (Å²) in [5.74, 6) is 1.04. The van der Waals surface area contributed by atoms with E-state index in [0.29, 0.717) is 18.7 Å². The average molecular weight is 438 g/mol. The lowest BCUT2D eigenvalue weighted by atomic mass is 9.66. The summed E-state index contributed by atoms with van der Waals surface area (Å²) in [4.78, 5) is 15.2. The molecule has 3 unspecified atom stereocenters. The van der Waals surface area contributed by atoms with Gasteiger partial charge in [0, 0.05) is 18.5 Å². The fourth-order valence-electron chi connectivity index (χ4n) is 5.20. The summed E-state index contributed by atoms with van der Waals surface area (Å²) >= 11 is 0. The number of rotatable bonds is 5. The molecular weight excluding hydrogens is 406 g/mol. The van der Waals surface area contributed by atoms with Crippen molar-refractivity contribution in [1.82, 2.24) is 4.90 Å². The van der Waals surface area contributed by atoms with Crippen LogP contribution in [0.2, 0.25) is 0 Å². The first-order valence-electron chi connectivity index (χ1n) is 11.2. The third kappa shape index (κ3) is 4.32. The van der Waals surface area contributed by atoms with Crippen molar-refractivity contribution in [1.29, 1.82) is 0 Å². The second kappa shape index (κ2) is 9.25. The molecule has 0 aromatic heterocycles. The van der Waals surface area contributed by atoms with Crippen LogP contribution >= 0.6 is 0 Å². The molecule has 2 aromatic rings. The first-order valence-corrected chi connectivity index (χ1v) is 11.2. The molecule has 0 radical (unpaired) electrons. The number of likely N-dealkylation sites (tertiary alicyclic amines) is 1. The SMILES string of the molecule is COc1ccc(C=CC(=O)N2CCC3(O)CCCCC3C2c2ccc(O)c(OC)c2)cc1. The number of methoxy groups -OCH3 is 2. The van der Waals surface area contributed by atoms with Gasteiger partial charge in [-0.05, 0) is 60.7 Å². The van der Waals surface area contributed by atoms with Gasteiger partial charge in [-0.15, -0.1) is 0 Å². The number of ether oxygens (including phenoxy) is 2. The molecule has 2 aliphatic rings. The van der Waals surface area contributed by atoms with E-state index < -0.39 is 5.60 Å². The van der Waals surface area contributed by atoms with Gasteiger partial charge in [-0.3, -0.25) is 4.79 Å². The summed E-state index contributed by atoms with van der Waals surface area (Å²) in [6.45, 7) is 0.479. The predicted molar refractivity (Wildman–Crippen MR) is 123 cm³/mol. The molecule has 1 saturated carbocycles. The molecule has 6 heteroatoms. The van der Waals surface area contributed by atoms with Crippen molar-refractivity contribution in [2.75, 3.05) is 20.8 Å². The highest BCUT2D eigenvalue weighted by molar-refractivity contribution is 5.92. The normalized spacial score (nSPS) is 25.4. The van der Waals surface area contributed by atoms with Crippen LogP contribution in [-0.4, -0.2) is 47.4 Å². The van der Waals surface area contributed by atoms with Gasteiger partial charge in [0.15, 0.2) is 11.5 Å². The number of hydrogen-bond donors (Lipinski definition) is 2. The highest BCUT2D eigenvalue weighted by Crippen LogP contribution is 2.50. The van der Waals surface area contributed by atoms with E-state index in [1.807, 2.05) is 35.2 Å². The molecule has 1 aliphatic heterocycles. The molecule has 1 amide bonds. The minimum absolute atomic E-state index is 0.0578. The summed E-state index contributed by atoms with van der Waals surface area (Å²) < 4.78 is 10.5. The minimum Gasteiger partial charge on any atom is -0.504 e. The van der Waals surface area contributed by atoms with E-state index in [0.717, 1.165) is 42.6 Å². The summed E-state index contributed by atoms with van der Waals surface area (Å²) in [7, 11) is 3.13. The molecule has 4 rings (SSSR count). The lowest BCUT2D eigenvalue weighted by molar-refractivity contribution is -0.150. The Morgan fingerprint density at radius 1 is 1.09 bits per heavy atom. The number of piperidine rings is 1. The van der Waals surface area contributed by atoms with Crippen molar-refractivity contribution < 1.29 is 24.5 Å². The van der Waals surface area contributed by atoms with Crippen LogP contribution in [0.3, 0.4) is 0 Å². The molecule has 0 bridgehead atoms. The van der Waals surface area contributed by atoms with Gasteiger partial charge in [0.25, 0.3) is 0 Å². The van der Waals surface area contributed by atoms with Gasteiger partial charge < -0.3 is 24.6 Å². The number of aliphatic hydroxyl groups is 1. The van der Waals surface area contributed by atoms with Gasteiger partial charge in [0.2, 0.25) is 5.91 Å². The Kier molecular flexibility index (Phi) is 6.42. The molecule has 32 heavy (non-hydrogen) atoms. The molecule has 170 valence electrons. The number of amides is 1. The van der Waals surface area contributed by atoms with Gasteiger partial charge in [0.1, 0.15) is 5.75 Å². The van der Waals surface area contributed by atoms with E-state index in [1.54, 1.807) is 31.4 Å². The fourth-order valence-corrected chi connectivity index (χ4v) is 5.20. The Morgan fingerprint density at radius 3 is 2.59 bits per heavy atom. The second-order valence-corrected chi connectivity index (χ2v) is 8.72. The molecule has 2 aromatic carbocycles. The number of carbonyl (C=O) groups is 1. The van der Waals surface area contributed by atoms with Crippen molar-refractivity contribution in [3.05, 3.63) is 59.7 Å². The Balaban J connectivity index is 1.65. The van der Waals surface area contributed by atoms with Gasteiger partial charge >= 0.3 is 0 Å². The standard InChI is InChI=1S/C26H31NO5/c1-31-20-10-6-18(7-11-20)8-13-24(29)27-16-15-26(30)14-4-3-5-21(26)25(27)19-9-12-22(28)23(17-19)32-2/h6-13,17,21,25,28,30H,3-5,14-16H2,1-2H3. The van der Waals surface area contributed by atoms with E-state index in [9.17, 15) is 15.0 Å². The van der Waals surface area contributed by atoms with E-state index in [-0.39, 0.29) is 23.6 Å². The molecule has 2 fully saturated rings. The average Bonchev–Trinajstić information content (AvgIpc) is 2.82. The fraction of sp³-hybridized carbons (Fsp3) is 0.423. The Morgan fingerprint density at radius 2 is 1.88 bits per heavy atom. The topological polar surface area (TPSA) is 79.2 Å². The number of fused-ring (bicyclic) bond motifs is 1. The number of nitrogens with zero attached hydrogens (tertiary/aromatic N) is 1. The molecule has 1 saturated heterocycles. The van der Waals surface area contributed by atoms with Gasteiger partial charge in [-0.1, -0.05) is 31.0 Å². The largest absolute Gasteiger partial charge is 0.504 e. The highest BCUT2D eigenvalue weighted by Gasteiger charge is 2.50. The number of hydrogen-bond acceptors (Lipinski definition) is 5. The summed E-state index contributed by atoms with van der Waals surface area (Å²) in [6, 6.07) is 12.5. The Hall–Kier alpha value is -2.99. The Bertz CT molecular complexity index is 986. The molecule has 1 aliphatic carbocycles. The van der Waals surface area contributed by atoms with Crippen LogP contribution in [-0.2, 0) is 4.79 Å². The second-order valence-electron chi connectivity index (χ2n) is 8.72. The third-order valence-corrected chi connectivity index (χ3v) is 6.93. The zero-order valence-electron chi connectivity index (χ0n) is 18.7. The number of phenols is 1. The molecule has 1 heterocycles. The van der Waals surface area contributed by atoms with Crippen LogP contribution in [0.25, 0.3) is 6.08 Å². The summed E-state index contributed by atoms with van der Waals surface area (Å²) in [6.07, 6.45) is 7.62. The van der Waals surface area contributed by atoms with E-state index in [2.05, 4.69) is 0 Å². The maximum atomic E-state index is 13.3. The smallest absolute Gasteiger partial charge is 0.247 e. The van der Waals surface area contributed by atoms with Crippen LogP contribution in [0.5, 0.6) is 17.2 Å². The van der Waals surface area contributed by atoms with Crippen LogP contribution in [0.15, 0.2) is 48.5 Å². The summed E-state index contributed by atoms with van der Waals surface area (Å²) in [5.41, 5.74) is 1.01. The van der Waals surface area contributed by atoms with E-state index >= 15 is 0 Å². The van der Waals surface area contributed by atoms with Gasteiger partial charge in [0.05, 0.1) is 25.9 Å². The first-order chi connectivity index (χ1) is 15.4. The zero-order valence-corrected chi connectivity index (χ0v) is 18.7. The molecule has 6 nitrogen and oxygen atoms in total. The van der Waals surface area contributed by atoms with Crippen molar-refractivity contribution in [3.63, 3.8) is 0 Å². The summed E-state index contributed by atoms with van der Waals surface area (Å²) in [5, 5.41) is 21.5. The molecule has 0 spiro atoms. The van der Waals surface area contributed by atoms with Crippen LogP contribution in [0.1, 0.15) is 49.3 Å². The lowest BCUT2D eigenvalue weighted by Gasteiger charge is -2.52. The number of phenolic OH excluding ortho intramolecular Hbond substituents is 1. The van der Waals surface area contributed by atoms with Crippen molar-refractivity contribution in [2.45, 2.75) is 43.7 Å². The number of benzene rings is 2. The minimum atomic E-state index is -0.773. The number of aromatic hydroxyl groups is 1. The zero-order chi connectivity index (χ0) is 22.7. The first kappa shape index (κ1) is 22.2. The van der Waals surface area contributed by atoms with Gasteiger partial charge in [-0.25, -0.2) is 0 Å². The Labute approximate surface area is 189 Å². The maximum Gasteiger partial charge on any atom is 0.247 e. The predicted octanol–water partition coefficient (Wildman–Crippen LogP) is 4.32. The van der Waals surface area contributed by atoms with Gasteiger partial charge in [-0.2, -0.15) is 0 Å². The quantitative estimate of drug-likeness (QED) is 0.681. The van der Waals surface area contributed by atoms with E-state index in [1.165, 1.54) is 7.11 Å². The van der Waals surface area contributed by atoms with Crippen LogP contribution in [0, 0.1) is 5.92 Å². The lowest BCUT2D eigenvalue weighted by Crippen LogP contribution is -2.56. The number of carbonyl (C=O) groups excluding carboxylic acids is 1. The van der Waals surface area contributed by atoms with Crippen molar-refractivity contribution in [2.24, 2.45) is 5.92 Å². The van der Waals surface area contributed by atoms with Crippen LogP contribution < -0.4 is 9.47 Å². The molecule has 2 N–H and O–H groups in total. The van der Waals surface area contributed by atoms with E-state index in [4.69, 9.17) is 9.47 Å². The van der Waals surface area contributed by atoms with Crippen molar-refractivity contribution in [3.8, 4) is 17.2 Å². The van der Waals surface area contributed by atoms with Crippen LogP contribution in [0.4, 0.5) is 0 Å². The third-order valence-electron chi connectivity index (χ3n) is 6.93.